The lowest BCUT2D eigenvalue weighted by Crippen LogP contribution is -2.51. The van der Waals surface area contributed by atoms with Crippen molar-refractivity contribution in [1.29, 1.82) is 0 Å². The minimum Gasteiger partial charge on any atom is -0.464 e. The number of rotatable bonds is 2. The number of ether oxygens (including phenoxy) is 1. The van der Waals surface area contributed by atoms with E-state index in [1.165, 1.54) is 24.1 Å². The Hall–Kier alpha value is -3.78. The summed E-state index contributed by atoms with van der Waals surface area (Å²) in [6, 6.07) is 18.8. The van der Waals surface area contributed by atoms with E-state index >= 15 is 0 Å². The Bertz CT molecular complexity index is 1490. The van der Waals surface area contributed by atoms with Crippen LogP contribution in [0.2, 0.25) is 0 Å². The fourth-order valence-electron chi connectivity index (χ4n) is 5.46. The minimum absolute atomic E-state index is 0.0300. The van der Waals surface area contributed by atoms with Crippen LogP contribution in [0.4, 0.5) is 10.1 Å². The molecule has 35 heavy (non-hydrogen) atoms. The fraction of sp³-hybridized carbons (Fsp3) is 0.148. The zero-order valence-electron chi connectivity index (χ0n) is 18.8. The van der Waals surface area contributed by atoms with Gasteiger partial charge in [0.2, 0.25) is 5.91 Å². The third-order valence-corrected chi connectivity index (χ3v) is 7.45. The molecule has 0 bridgehead atoms. The first-order valence-electron chi connectivity index (χ1n) is 11.0. The Kier molecular flexibility index (Phi) is 4.73. The number of carbonyl (C=O) groups is 2. The number of likely N-dealkylation sites (N-methyl/N-ethyl adjacent to an activating group) is 1. The number of anilines is 1. The van der Waals surface area contributed by atoms with E-state index in [1.54, 1.807) is 18.1 Å². The summed E-state index contributed by atoms with van der Waals surface area (Å²) in [6.45, 7) is 0. The molecule has 1 amide bonds. The Labute approximate surface area is 209 Å². The molecule has 8 heteroatoms. The lowest BCUT2D eigenvalue weighted by atomic mass is 9.68. The molecule has 1 spiro atoms. The summed E-state index contributed by atoms with van der Waals surface area (Å²) in [5, 5.41) is 6.41. The highest BCUT2D eigenvalue weighted by molar-refractivity contribution is 9.10. The fourth-order valence-corrected chi connectivity index (χ4v) is 5.83. The van der Waals surface area contributed by atoms with Crippen molar-refractivity contribution in [2.24, 2.45) is 5.10 Å². The lowest BCUT2D eigenvalue weighted by molar-refractivity contribution is -0.134. The molecule has 3 aliphatic heterocycles. The van der Waals surface area contributed by atoms with Crippen molar-refractivity contribution < 1.29 is 18.7 Å². The highest BCUT2D eigenvalue weighted by atomic mass is 79.9. The molecule has 0 N–H and O–H groups in total. The number of amides is 1. The number of carbonyl (C=O) groups excluding carboxylic acids is 2. The first-order valence-corrected chi connectivity index (χ1v) is 11.8. The second-order valence-electron chi connectivity index (χ2n) is 8.69. The van der Waals surface area contributed by atoms with E-state index in [-0.39, 0.29) is 11.6 Å². The molecule has 0 unspecified atom stereocenters. The van der Waals surface area contributed by atoms with Crippen molar-refractivity contribution in [2.75, 3.05) is 19.1 Å². The van der Waals surface area contributed by atoms with Crippen LogP contribution in [0, 0.1) is 5.82 Å². The van der Waals surface area contributed by atoms with Gasteiger partial charge in [-0.15, -0.1) is 0 Å². The van der Waals surface area contributed by atoms with Gasteiger partial charge < -0.3 is 9.64 Å². The van der Waals surface area contributed by atoms with Gasteiger partial charge in [-0.1, -0.05) is 52.3 Å². The summed E-state index contributed by atoms with van der Waals surface area (Å²) >= 11 is 3.52. The molecule has 2 atom stereocenters. The van der Waals surface area contributed by atoms with Crippen LogP contribution in [0.5, 0.6) is 0 Å². The molecule has 0 fully saturated rings. The molecule has 6 rings (SSSR count). The van der Waals surface area contributed by atoms with Crippen LogP contribution in [-0.2, 0) is 19.7 Å². The van der Waals surface area contributed by atoms with E-state index in [0.717, 1.165) is 15.6 Å². The van der Waals surface area contributed by atoms with Crippen molar-refractivity contribution in [3.8, 4) is 0 Å². The smallest absolute Gasteiger partial charge is 0.355 e. The first-order chi connectivity index (χ1) is 16.9. The molecule has 3 aromatic rings. The molecule has 0 aromatic heterocycles. The minimum atomic E-state index is -1.53. The Morgan fingerprint density at radius 1 is 1.11 bits per heavy atom. The average molecular weight is 532 g/mol. The second-order valence-corrected chi connectivity index (χ2v) is 9.61. The average Bonchev–Trinajstić information content (AvgIpc) is 3.33. The number of fused-ring (bicyclic) bond motifs is 6. The topological polar surface area (TPSA) is 62.2 Å². The Balaban J connectivity index is 1.72. The second kappa shape index (κ2) is 7.61. The summed E-state index contributed by atoms with van der Waals surface area (Å²) < 4.78 is 20.5. The molecular weight excluding hydrogens is 513 g/mol. The number of methoxy groups -OCH3 is 1. The monoisotopic (exact) mass is 531 g/mol. The van der Waals surface area contributed by atoms with E-state index in [2.05, 4.69) is 15.9 Å². The summed E-state index contributed by atoms with van der Waals surface area (Å²) in [6.07, 6.45) is 1.91. The molecule has 0 radical (unpaired) electrons. The van der Waals surface area contributed by atoms with Crippen molar-refractivity contribution in [1.82, 2.24) is 5.01 Å². The molecule has 0 saturated heterocycles. The van der Waals surface area contributed by atoms with E-state index in [4.69, 9.17) is 9.84 Å². The number of hydrogen-bond donors (Lipinski definition) is 0. The molecule has 3 heterocycles. The summed E-state index contributed by atoms with van der Waals surface area (Å²) in [5.74, 6) is -1.47. The van der Waals surface area contributed by atoms with Crippen molar-refractivity contribution in [3.63, 3.8) is 0 Å². The molecule has 0 aliphatic carbocycles. The van der Waals surface area contributed by atoms with Crippen LogP contribution in [-0.4, -0.2) is 36.8 Å². The molecule has 3 aromatic carbocycles. The highest BCUT2D eigenvalue weighted by Crippen LogP contribution is 2.59. The normalized spacial score (nSPS) is 21.9. The maximum Gasteiger partial charge on any atom is 0.355 e. The first kappa shape index (κ1) is 21.7. The van der Waals surface area contributed by atoms with E-state index in [1.807, 2.05) is 54.6 Å². The quantitative estimate of drug-likeness (QED) is 0.441. The number of hydrogen-bond acceptors (Lipinski definition) is 5. The number of esters is 1. The van der Waals surface area contributed by atoms with Crippen LogP contribution in [0.25, 0.3) is 11.8 Å². The number of hydrazone groups is 1. The maximum atomic E-state index is 14.6. The third-order valence-electron chi connectivity index (χ3n) is 6.95. The summed E-state index contributed by atoms with van der Waals surface area (Å²) in [5.41, 5.74) is 2.59. The number of halogens is 2. The number of benzene rings is 3. The zero-order valence-corrected chi connectivity index (χ0v) is 20.4. The van der Waals surface area contributed by atoms with Gasteiger partial charge in [0.15, 0.2) is 11.1 Å². The predicted molar refractivity (Wildman–Crippen MR) is 134 cm³/mol. The molecular formula is C27H19BrFN3O3. The van der Waals surface area contributed by atoms with Crippen molar-refractivity contribution >= 4 is 51.0 Å². The largest absolute Gasteiger partial charge is 0.464 e. The van der Waals surface area contributed by atoms with Crippen molar-refractivity contribution in [3.05, 3.63) is 99.3 Å². The van der Waals surface area contributed by atoms with Gasteiger partial charge in [0.05, 0.1) is 12.8 Å². The predicted octanol–water partition coefficient (Wildman–Crippen LogP) is 4.90. The molecule has 3 aliphatic rings. The van der Waals surface area contributed by atoms with Gasteiger partial charge in [-0.25, -0.2) is 9.18 Å². The summed E-state index contributed by atoms with van der Waals surface area (Å²) in [4.78, 5) is 29.0. The third kappa shape index (κ3) is 2.83. The van der Waals surface area contributed by atoms with E-state index in [0.29, 0.717) is 22.5 Å². The molecule has 174 valence electrons. The van der Waals surface area contributed by atoms with Gasteiger partial charge in [0, 0.05) is 22.8 Å². The molecule has 0 saturated carbocycles. The zero-order chi connectivity index (χ0) is 24.5. The van der Waals surface area contributed by atoms with E-state index in [9.17, 15) is 14.0 Å². The van der Waals surface area contributed by atoms with Crippen LogP contribution in [0.15, 0.2) is 76.3 Å². The van der Waals surface area contributed by atoms with E-state index < -0.39 is 23.2 Å². The Morgan fingerprint density at radius 3 is 2.63 bits per heavy atom. The Morgan fingerprint density at radius 2 is 1.89 bits per heavy atom. The van der Waals surface area contributed by atoms with Crippen molar-refractivity contribution in [2.45, 2.75) is 11.5 Å². The van der Waals surface area contributed by atoms with Gasteiger partial charge >= 0.3 is 5.97 Å². The molecule has 6 nitrogen and oxygen atoms in total. The highest BCUT2D eigenvalue weighted by Gasteiger charge is 2.67. The van der Waals surface area contributed by atoms with Gasteiger partial charge in [0.25, 0.3) is 0 Å². The maximum absolute atomic E-state index is 14.6. The van der Waals surface area contributed by atoms with Gasteiger partial charge in [-0.05, 0) is 53.1 Å². The van der Waals surface area contributed by atoms with Gasteiger partial charge in [-0.2, -0.15) is 5.10 Å². The number of nitrogens with zero attached hydrogens (tertiary/aromatic N) is 3. The lowest BCUT2D eigenvalue weighted by Gasteiger charge is -2.39. The van der Waals surface area contributed by atoms with Crippen LogP contribution >= 0.6 is 15.9 Å². The van der Waals surface area contributed by atoms with Crippen LogP contribution < -0.4 is 4.90 Å². The SMILES string of the molecule is COC(=O)C1=NN2C(c3ccccc3)=Cc3ccc(F)cc3[C@H]2[C@]12C(=O)N(C)c1ccc(Br)cc12. The van der Waals surface area contributed by atoms with Crippen LogP contribution in [0.3, 0.4) is 0 Å². The van der Waals surface area contributed by atoms with Gasteiger partial charge in [-0.3, -0.25) is 9.80 Å². The summed E-state index contributed by atoms with van der Waals surface area (Å²) in [7, 11) is 2.94. The van der Waals surface area contributed by atoms with Crippen LogP contribution in [0.1, 0.15) is 28.3 Å². The standard InChI is InChI=1S/C27H19BrFN3O3/c1-31-21-11-9-17(28)13-20(21)27(26(31)34)23(25(33)35-2)30-32-22(15-6-4-3-5-7-15)12-16-8-10-18(29)14-19(16)24(27)32/h3-14,24H,1-2H3/t24-,27+/m0/s1. The van der Waals surface area contributed by atoms with Gasteiger partial charge in [0.1, 0.15) is 11.9 Å².